The van der Waals surface area contributed by atoms with Crippen LogP contribution in [0, 0.1) is 6.92 Å². The molecule has 2 aromatic heterocycles. The molecule has 1 aliphatic heterocycles. The molecule has 0 saturated carbocycles. The van der Waals surface area contributed by atoms with E-state index in [2.05, 4.69) is 34.9 Å². The highest BCUT2D eigenvalue weighted by atomic mass is 32.1. The highest BCUT2D eigenvalue weighted by Crippen LogP contribution is 2.43. The minimum absolute atomic E-state index is 0.109. The zero-order chi connectivity index (χ0) is 19.1. The van der Waals surface area contributed by atoms with Crippen LogP contribution >= 0.6 is 11.3 Å². The number of hydrogen-bond donors (Lipinski definition) is 1. The average Bonchev–Trinajstić information content (AvgIpc) is 3.13. The molecular weight excluding hydrogens is 364 g/mol. The van der Waals surface area contributed by atoms with E-state index >= 15 is 0 Å². The molecule has 3 heterocycles. The number of aryl methyl sites for hydroxylation is 1. The van der Waals surface area contributed by atoms with E-state index in [0.717, 1.165) is 29.3 Å². The van der Waals surface area contributed by atoms with Crippen molar-refractivity contribution < 1.29 is 14.6 Å². The third-order valence-corrected chi connectivity index (χ3v) is 5.87. The van der Waals surface area contributed by atoms with Gasteiger partial charge in [0.25, 0.3) is 0 Å². The van der Waals surface area contributed by atoms with E-state index in [-0.39, 0.29) is 24.1 Å². The number of hydrogen-bond acceptors (Lipinski definition) is 7. The van der Waals surface area contributed by atoms with Crippen molar-refractivity contribution in [1.82, 2.24) is 19.5 Å². The van der Waals surface area contributed by atoms with Gasteiger partial charge in [-0.3, -0.25) is 4.90 Å². The number of morpholine rings is 1. The molecule has 3 atom stereocenters. The van der Waals surface area contributed by atoms with Crippen molar-refractivity contribution in [2.45, 2.75) is 39.0 Å². The number of nitrogens with zero attached hydrogens (tertiary/aromatic N) is 4. The van der Waals surface area contributed by atoms with Crippen LogP contribution in [0.15, 0.2) is 24.3 Å². The summed E-state index contributed by atoms with van der Waals surface area (Å²) in [5.41, 5.74) is 1.01. The maximum Gasteiger partial charge on any atom is 0.230 e. The number of ether oxygens (including phenoxy) is 2. The average molecular weight is 388 g/mol. The van der Waals surface area contributed by atoms with Gasteiger partial charge in [-0.2, -0.15) is 4.52 Å². The largest absolute Gasteiger partial charge is 0.496 e. The molecule has 1 aliphatic rings. The number of para-hydroxylation sites is 1. The lowest BCUT2D eigenvalue weighted by molar-refractivity contribution is -0.0765. The Morgan fingerprint density at radius 2 is 1.96 bits per heavy atom. The summed E-state index contributed by atoms with van der Waals surface area (Å²) in [6, 6.07) is 7.79. The standard InChI is InChI=1S/C19H24N4O3S/c1-11-9-22(10-12(2)26-11)16(14-7-5-6-8-15(14)25-4)17-18(24)23-19(27-17)20-13(3)21-23/h5-8,11-12,16,24H,9-10H2,1-4H3/t11-,12-,16+/m1/s1. The lowest BCUT2D eigenvalue weighted by atomic mass is 10.0. The van der Waals surface area contributed by atoms with Gasteiger partial charge in [-0.15, -0.1) is 5.10 Å². The molecule has 0 radical (unpaired) electrons. The fourth-order valence-electron chi connectivity index (χ4n) is 3.85. The second-order valence-electron chi connectivity index (χ2n) is 7.00. The van der Waals surface area contributed by atoms with Crippen LogP contribution in [-0.2, 0) is 4.74 Å². The fourth-order valence-corrected chi connectivity index (χ4v) is 5.00. The molecule has 0 unspecified atom stereocenters. The molecule has 0 aliphatic carbocycles. The van der Waals surface area contributed by atoms with Crippen molar-refractivity contribution in [3.05, 3.63) is 40.5 Å². The minimum atomic E-state index is -0.163. The normalized spacial score (nSPS) is 22.2. The van der Waals surface area contributed by atoms with Gasteiger partial charge < -0.3 is 14.6 Å². The van der Waals surface area contributed by atoms with E-state index in [0.29, 0.717) is 10.8 Å². The number of methoxy groups -OCH3 is 1. The molecule has 1 aromatic carbocycles. The molecule has 0 spiro atoms. The summed E-state index contributed by atoms with van der Waals surface area (Å²) < 4.78 is 13.1. The Morgan fingerprint density at radius 3 is 2.63 bits per heavy atom. The molecule has 0 amide bonds. The number of rotatable bonds is 4. The second kappa shape index (κ2) is 7.10. The molecule has 7 nitrogen and oxygen atoms in total. The first-order valence-electron chi connectivity index (χ1n) is 9.05. The van der Waals surface area contributed by atoms with Crippen molar-refractivity contribution >= 4 is 16.3 Å². The highest BCUT2D eigenvalue weighted by Gasteiger charge is 2.35. The first kappa shape index (κ1) is 18.2. The first-order valence-corrected chi connectivity index (χ1v) is 9.87. The molecule has 3 aromatic rings. The summed E-state index contributed by atoms with van der Waals surface area (Å²) >= 11 is 1.46. The molecule has 1 N–H and O–H groups in total. The van der Waals surface area contributed by atoms with Crippen LogP contribution in [0.1, 0.15) is 36.2 Å². The monoisotopic (exact) mass is 388 g/mol. The fraction of sp³-hybridized carbons (Fsp3) is 0.474. The lowest BCUT2D eigenvalue weighted by Gasteiger charge is -2.40. The predicted octanol–water partition coefficient (Wildman–Crippen LogP) is 3.01. The van der Waals surface area contributed by atoms with E-state index < -0.39 is 0 Å². The van der Waals surface area contributed by atoms with Gasteiger partial charge in [0, 0.05) is 18.7 Å². The highest BCUT2D eigenvalue weighted by molar-refractivity contribution is 7.17. The number of fused-ring (bicyclic) bond motifs is 1. The van der Waals surface area contributed by atoms with E-state index in [1.165, 1.54) is 15.9 Å². The molecular formula is C19H24N4O3S. The maximum absolute atomic E-state index is 10.9. The third-order valence-electron chi connectivity index (χ3n) is 4.80. The molecule has 4 rings (SSSR count). The Labute approximate surface area is 162 Å². The van der Waals surface area contributed by atoms with Gasteiger partial charge in [0.2, 0.25) is 10.8 Å². The Bertz CT molecular complexity index is 944. The van der Waals surface area contributed by atoms with Crippen LogP contribution in [-0.4, -0.2) is 57.0 Å². The van der Waals surface area contributed by atoms with Crippen molar-refractivity contribution in [2.24, 2.45) is 0 Å². The first-order chi connectivity index (χ1) is 13.0. The number of thiazole rings is 1. The zero-order valence-electron chi connectivity index (χ0n) is 15.9. The van der Waals surface area contributed by atoms with E-state index in [1.807, 2.05) is 25.1 Å². The Kier molecular flexibility index (Phi) is 4.79. The molecule has 1 fully saturated rings. The summed E-state index contributed by atoms with van der Waals surface area (Å²) in [6.45, 7) is 7.50. The summed E-state index contributed by atoms with van der Waals surface area (Å²) in [5.74, 6) is 1.58. The quantitative estimate of drug-likeness (QED) is 0.741. The zero-order valence-corrected chi connectivity index (χ0v) is 16.7. The molecule has 1 saturated heterocycles. The van der Waals surface area contributed by atoms with Gasteiger partial charge in [-0.25, -0.2) is 4.98 Å². The van der Waals surface area contributed by atoms with Gasteiger partial charge >= 0.3 is 0 Å². The van der Waals surface area contributed by atoms with Gasteiger partial charge in [0.15, 0.2) is 0 Å². The van der Waals surface area contributed by atoms with Gasteiger partial charge in [-0.05, 0) is 26.8 Å². The third kappa shape index (κ3) is 3.28. The summed E-state index contributed by atoms with van der Waals surface area (Å²) in [5, 5.41) is 15.3. The molecule has 144 valence electrons. The summed E-state index contributed by atoms with van der Waals surface area (Å²) in [4.78, 5) is 8.27. The van der Waals surface area contributed by atoms with Gasteiger partial charge in [-0.1, -0.05) is 29.5 Å². The van der Waals surface area contributed by atoms with E-state index in [1.54, 1.807) is 7.11 Å². The van der Waals surface area contributed by atoms with E-state index in [4.69, 9.17) is 9.47 Å². The Hall–Kier alpha value is -2.16. The van der Waals surface area contributed by atoms with Crippen molar-refractivity contribution in [1.29, 1.82) is 0 Å². The smallest absolute Gasteiger partial charge is 0.230 e. The SMILES string of the molecule is COc1ccccc1[C@@H](c1sc2nc(C)nn2c1O)N1C[C@@H](C)O[C@H](C)C1. The Morgan fingerprint density at radius 1 is 1.26 bits per heavy atom. The van der Waals surface area contributed by atoms with E-state index in [9.17, 15) is 5.11 Å². The van der Waals surface area contributed by atoms with Crippen LogP contribution < -0.4 is 4.74 Å². The molecule has 0 bridgehead atoms. The summed E-state index contributed by atoms with van der Waals surface area (Å²) in [6.07, 6.45) is 0.218. The predicted molar refractivity (Wildman–Crippen MR) is 104 cm³/mol. The Balaban J connectivity index is 1.87. The van der Waals surface area contributed by atoms with Crippen molar-refractivity contribution in [3.63, 3.8) is 0 Å². The number of aromatic hydroxyl groups is 1. The number of aromatic nitrogens is 3. The van der Waals surface area contributed by atoms with Crippen molar-refractivity contribution in [3.8, 4) is 11.6 Å². The van der Waals surface area contributed by atoms with Crippen LogP contribution in [0.3, 0.4) is 0 Å². The number of benzene rings is 1. The van der Waals surface area contributed by atoms with Gasteiger partial charge in [0.1, 0.15) is 11.6 Å². The van der Waals surface area contributed by atoms with Crippen molar-refractivity contribution in [2.75, 3.05) is 20.2 Å². The second-order valence-corrected chi connectivity index (χ2v) is 8.01. The topological polar surface area (TPSA) is 72.1 Å². The van der Waals surface area contributed by atoms with Crippen LogP contribution in [0.4, 0.5) is 0 Å². The molecule has 8 heteroatoms. The minimum Gasteiger partial charge on any atom is -0.496 e. The molecule has 27 heavy (non-hydrogen) atoms. The van der Waals surface area contributed by atoms with Gasteiger partial charge in [0.05, 0.1) is 30.2 Å². The lowest BCUT2D eigenvalue weighted by Crippen LogP contribution is -2.47. The van der Waals surface area contributed by atoms with Crippen LogP contribution in [0.5, 0.6) is 11.6 Å². The van der Waals surface area contributed by atoms with Crippen LogP contribution in [0.2, 0.25) is 0 Å². The van der Waals surface area contributed by atoms with Crippen LogP contribution in [0.25, 0.3) is 4.96 Å². The summed E-state index contributed by atoms with van der Waals surface area (Å²) in [7, 11) is 1.67. The maximum atomic E-state index is 10.9.